The monoisotopic (exact) mass is 496 g/mol. The number of morpholine rings is 1. The first kappa shape index (κ1) is 23.1. The summed E-state index contributed by atoms with van der Waals surface area (Å²) < 4.78 is 16.8. The highest BCUT2D eigenvalue weighted by Gasteiger charge is 2.27. The van der Waals surface area contributed by atoms with Crippen LogP contribution in [0, 0.1) is 5.92 Å². The molecular weight excluding hydrogens is 459 g/mol. The maximum atomic E-state index is 5.73. The lowest BCUT2D eigenvalue weighted by Gasteiger charge is -2.29. The number of hydrogen-bond donors (Lipinski definition) is 1. The largest absolute Gasteiger partial charge is 0.379 e. The Morgan fingerprint density at radius 3 is 2.78 bits per heavy atom. The lowest BCUT2D eigenvalue weighted by Crippen LogP contribution is -2.42. The Morgan fingerprint density at radius 1 is 1.19 bits per heavy atom. The number of likely N-dealkylation sites (tertiary alicyclic amines) is 1. The summed E-state index contributed by atoms with van der Waals surface area (Å²) in [5, 5.41) is 3.44. The molecule has 3 heterocycles. The fourth-order valence-electron chi connectivity index (χ4n) is 3.96. The molecule has 2 unspecified atom stereocenters. The van der Waals surface area contributed by atoms with E-state index >= 15 is 0 Å². The van der Waals surface area contributed by atoms with Gasteiger partial charge in [0.15, 0.2) is 5.96 Å². The van der Waals surface area contributed by atoms with E-state index in [1.807, 2.05) is 0 Å². The van der Waals surface area contributed by atoms with Gasteiger partial charge in [0.1, 0.15) is 0 Å². The van der Waals surface area contributed by atoms with Crippen molar-refractivity contribution in [1.82, 2.24) is 15.1 Å². The van der Waals surface area contributed by atoms with E-state index in [2.05, 4.69) is 22.0 Å². The van der Waals surface area contributed by atoms with E-state index < -0.39 is 0 Å². The van der Waals surface area contributed by atoms with E-state index in [1.54, 1.807) is 0 Å². The van der Waals surface area contributed by atoms with Crippen molar-refractivity contribution >= 4 is 29.9 Å². The van der Waals surface area contributed by atoms with Crippen LogP contribution >= 0.6 is 24.0 Å². The van der Waals surface area contributed by atoms with Gasteiger partial charge in [-0.1, -0.05) is 0 Å². The highest BCUT2D eigenvalue weighted by atomic mass is 127. The van der Waals surface area contributed by atoms with Crippen LogP contribution in [0.4, 0.5) is 0 Å². The van der Waals surface area contributed by atoms with Crippen LogP contribution in [0.15, 0.2) is 4.99 Å². The van der Waals surface area contributed by atoms with Gasteiger partial charge in [-0.3, -0.25) is 9.89 Å². The zero-order valence-electron chi connectivity index (χ0n) is 16.7. The zero-order chi connectivity index (χ0) is 18.0. The average Bonchev–Trinajstić information content (AvgIpc) is 3.33. The SMILES string of the molecule is CCNC(=NCCOCC1CCCO1)N1CCC(CN2CCOCC2)C1.I. The molecule has 0 saturated carbocycles. The first-order valence-corrected chi connectivity index (χ1v) is 10.4. The number of rotatable bonds is 8. The molecule has 3 rings (SSSR count). The highest BCUT2D eigenvalue weighted by molar-refractivity contribution is 14.0. The molecule has 158 valence electrons. The molecule has 3 saturated heterocycles. The first-order chi connectivity index (χ1) is 12.8. The molecule has 7 nitrogen and oxygen atoms in total. The van der Waals surface area contributed by atoms with Crippen LogP contribution < -0.4 is 5.32 Å². The second-order valence-electron chi connectivity index (χ2n) is 7.46. The van der Waals surface area contributed by atoms with Crippen LogP contribution in [0.3, 0.4) is 0 Å². The smallest absolute Gasteiger partial charge is 0.194 e. The lowest BCUT2D eigenvalue weighted by atomic mass is 10.1. The summed E-state index contributed by atoms with van der Waals surface area (Å²) in [5.41, 5.74) is 0. The Labute approximate surface area is 181 Å². The van der Waals surface area contributed by atoms with Gasteiger partial charge in [-0.25, -0.2) is 0 Å². The van der Waals surface area contributed by atoms with E-state index in [4.69, 9.17) is 19.2 Å². The molecule has 3 aliphatic heterocycles. The molecule has 2 atom stereocenters. The summed E-state index contributed by atoms with van der Waals surface area (Å²) in [6.45, 7) is 13.3. The van der Waals surface area contributed by atoms with Gasteiger partial charge >= 0.3 is 0 Å². The molecule has 3 aliphatic rings. The number of aliphatic imine (C=N–C) groups is 1. The molecular formula is C19H37IN4O3. The second-order valence-corrected chi connectivity index (χ2v) is 7.46. The second kappa shape index (κ2) is 13.1. The zero-order valence-corrected chi connectivity index (χ0v) is 19.1. The fraction of sp³-hybridized carbons (Fsp3) is 0.947. The van der Waals surface area contributed by atoms with Crippen molar-refractivity contribution in [3.05, 3.63) is 0 Å². The Hall–Kier alpha value is -0.160. The van der Waals surface area contributed by atoms with Crippen molar-refractivity contribution in [1.29, 1.82) is 0 Å². The minimum absolute atomic E-state index is 0. The predicted molar refractivity (Wildman–Crippen MR) is 118 cm³/mol. The normalized spacial score (nSPS) is 27.0. The molecule has 0 amide bonds. The third kappa shape index (κ3) is 8.00. The standard InChI is InChI=1S/C19H36N4O3.HI/c1-2-20-19(21-6-11-25-16-18-4-3-10-26-18)23-7-5-17(15-23)14-22-8-12-24-13-9-22;/h17-18H,2-16H2,1H3,(H,20,21);1H. The Morgan fingerprint density at radius 2 is 2.04 bits per heavy atom. The summed E-state index contributed by atoms with van der Waals surface area (Å²) in [6.07, 6.45) is 3.84. The maximum absolute atomic E-state index is 5.73. The number of halogens is 1. The van der Waals surface area contributed by atoms with Crippen molar-refractivity contribution in [2.24, 2.45) is 10.9 Å². The fourth-order valence-corrected chi connectivity index (χ4v) is 3.96. The van der Waals surface area contributed by atoms with Crippen LogP contribution in [0.5, 0.6) is 0 Å². The quantitative estimate of drug-likeness (QED) is 0.238. The first-order valence-electron chi connectivity index (χ1n) is 10.4. The number of ether oxygens (including phenoxy) is 3. The van der Waals surface area contributed by atoms with Crippen LogP contribution in [-0.4, -0.2) is 101 Å². The van der Waals surface area contributed by atoms with E-state index in [-0.39, 0.29) is 24.0 Å². The molecule has 0 spiro atoms. The minimum atomic E-state index is 0. The summed E-state index contributed by atoms with van der Waals surface area (Å²) >= 11 is 0. The minimum Gasteiger partial charge on any atom is -0.379 e. The molecule has 1 N–H and O–H groups in total. The van der Waals surface area contributed by atoms with Crippen molar-refractivity contribution in [3.8, 4) is 0 Å². The van der Waals surface area contributed by atoms with Gasteiger partial charge in [-0.05, 0) is 32.1 Å². The molecule has 3 fully saturated rings. The lowest BCUT2D eigenvalue weighted by molar-refractivity contribution is 0.0199. The average molecular weight is 496 g/mol. The van der Waals surface area contributed by atoms with Gasteiger partial charge in [0, 0.05) is 45.9 Å². The molecule has 0 aliphatic carbocycles. The van der Waals surface area contributed by atoms with Crippen molar-refractivity contribution in [3.63, 3.8) is 0 Å². The topological polar surface area (TPSA) is 58.6 Å². The summed E-state index contributed by atoms with van der Waals surface area (Å²) in [5.74, 6) is 1.77. The van der Waals surface area contributed by atoms with Crippen LogP contribution in [0.1, 0.15) is 26.2 Å². The summed E-state index contributed by atoms with van der Waals surface area (Å²) in [4.78, 5) is 9.73. The Bertz CT molecular complexity index is 429. The van der Waals surface area contributed by atoms with E-state index in [1.165, 1.54) is 13.0 Å². The van der Waals surface area contributed by atoms with E-state index in [0.29, 0.717) is 25.9 Å². The molecule has 0 aromatic heterocycles. The molecule has 0 bridgehead atoms. The van der Waals surface area contributed by atoms with Crippen LogP contribution in [-0.2, 0) is 14.2 Å². The Balaban J connectivity index is 0.00000261. The van der Waals surface area contributed by atoms with Crippen LogP contribution in [0.25, 0.3) is 0 Å². The highest BCUT2D eigenvalue weighted by Crippen LogP contribution is 2.18. The van der Waals surface area contributed by atoms with Crippen molar-refractivity contribution in [2.75, 3.05) is 78.8 Å². The van der Waals surface area contributed by atoms with Crippen molar-refractivity contribution in [2.45, 2.75) is 32.3 Å². The predicted octanol–water partition coefficient (Wildman–Crippen LogP) is 1.42. The van der Waals surface area contributed by atoms with E-state index in [9.17, 15) is 0 Å². The summed E-state index contributed by atoms with van der Waals surface area (Å²) in [7, 11) is 0. The van der Waals surface area contributed by atoms with Gasteiger partial charge in [-0.2, -0.15) is 0 Å². The molecule has 0 aromatic carbocycles. The van der Waals surface area contributed by atoms with Gasteiger partial charge < -0.3 is 24.4 Å². The number of guanidine groups is 1. The Kier molecular flexibility index (Phi) is 11.2. The third-order valence-electron chi connectivity index (χ3n) is 5.37. The van der Waals surface area contributed by atoms with Gasteiger partial charge in [0.2, 0.25) is 0 Å². The van der Waals surface area contributed by atoms with Gasteiger partial charge in [-0.15, -0.1) is 24.0 Å². The number of nitrogens with one attached hydrogen (secondary N) is 1. The van der Waals surface area contributed by atoms with Gasteiger partial charge in [0.25, 0.3) is 0 Å². The number of hydrogen-bond acceptors (Lipinski definition) is 5. The molecule has 8 heteroatoms. The molecule has 0 radical (unpaired) electrons. The van der Waals surface area contributed by atoms with E-state index in [0.717, 1.165) is 77.3 Å². The molecule has 0 aromatic rings. The third-order valence-corrected chi connectivity index (χ3v) is 5.37. The molecule has 27 heavy (non-hydrogen) atoms. The van der Waals surface area contributed by atoms with Gasteiger partial charge in [0.05, 0.1) is 39.1 Å². The maximum Gasteiger partial charge on any atom is 0.194 e. The number of nitrogens with zero attached hydrogens (tertiary/aromatic N) is 3. The van der Waals surface area contributed by atoms with Crippen LogP contribution in [0.2, 0.25) is 0 Å². The van der Waals surface area contributed by atoms with Crippen molar-refractivity contribution < 1.29 is 14.2 Å². The summed E-state index contributed by atoms with van der Waals surface area (Å²) in [6, 6.07) is 0.